The van der Waals surface area contributed by atoms with Crippen molar-refractivity contribution < 1.29 is 14.2 Å². The van der Waals surface area contributed by atoms with Gasteiger partial charge in [-0.15, -0.1) is 0 Å². The summed E-state index contributed by atoms with van der Waals surface area (Å²) in [6, 6.07) is 5.62. The van der Waals surface area contributed by atoms with Crippen LogP contribution < -0.4 is 15.2 Å². The van der Waals surface area contributed by atoms with Gasteiger partial charge in [0, 0.05) is 18.7 Å². The molecule has 0 amide bonds. The summed E-state index contributed by atoms with van der Waals surface area (Å²) in [6.45, 7) is 0.786. The highest BCUT2D eigenvalue weighted by molar-refractivity contribution is 5.44. The van der Waals surface area contributed by atoms with E-state index in [1.54, 1.807) is 7.11 Å². The van der Waals surface area contributed by atoms with Crippen molar-refractivity contribution in [1.82, 2.24) is 0 Å². The molecule has 0 fully saturated rings. The fourth-order valence-corrected chi connectivity index (χ4v) is 1.43. The molecule has 1 atom stereocenters. The molecule has 14 heavy (non-hydrogen) atoms. The van der Waals surface area contributed by atoms with Crippen LogP contribution >= 0.6 is 0 Å². The molecule has 1 aromatic rings. The second-order valence-electron chi connectivity index (χ2n) is 3.17. The van der Waals surface area contributed by atoms with Crippen LogP contribution in [0.5, 0.6) is 11.5 Å². The highest BCUT2D eigenvalue weighted by atomic mass is 16.7. The van der Waals surface area contributed by atoms with E-state index in [0.29, 0.717) is 6.61 Å². The van der Waals surface area contributed by atoms with Gasteiger partial charge in [-0.2, -0.15) is 0 Å². The zero-order valence-electron chi connectivity index (χ0n) is 8.03. The number of nitrogens with two attached hydrogens (primary N) is 1. The lowest BCUT2D eigenvalue weighted by molar-refractivity contribution is 0.0510. The lowest BCUT2D eigenvalue weighted by Crippen LogP contribution is -2.10. The minimum absolute atomic E-state index is 0.0125. The van der Waals surface area contributed by atoms with Gasteiger partial charge in [-0.25, -0.2) is 0 Å². The summed E-state index contributed by atoms with van der Waals surface area (Å²) in [4.78, 5) is 0. The average molecular weight is 195 g/mol. The number of fused-ring (bicyclic) bond motifs is 1. The van der Waals surface area contributed by atoms with Crippen LogP contribution in [0.2, 0.25) is 0 Å². The van der Waals surface area contributed by atoms with Gasteiger partial charge in [-0.3, -0.25) is 0 Å². The van der Waals surface area contributed by atoms with Gasteiger partial charge in [0.2, 0.25) is 0 Å². The highest BCUT2D eigenvalue weighted by Crippen LogP contribution is 2.33. The maximum atomic E-state index is 5.81. The summed E-state index contributed by atoms with van der Waals surface area (Å²) in [6.07, 6.45) is 0. The average Bonchev–Trinajstić information content (AvgIpc) is 2.57. The summed E-state index contributed by atoms with van der Waals surface area (Å²) in [5, 5.41) is 0. The van der Waals surface area contributed by atoms with Crippen LogP contribution in [0.4, 0.5) is 0 Å². The highest BCUT2D eigenvalue weighted by Gasteiger charge is 2.20. The van der Waals surface area contributed by atoms with E-state index in [0.717, 1.165) is 17.1 Å². The fraction of sp³-hybridized carbons (Fsp3) is 0.400. The molecule has 1 aliphatic rings. The first kappa shape index (κ1) is 9.30. The van der Waals surface area contributed by atoms with Gasteiger partial charge in [0.1, 0.15) is 18.1 Å². The third kappa shape index (κ3) is 1.66. The number of rotatable bonds is 3. The molecular weight excluding hydrogens is 182 g/mol. The molecule has 2 rings (SSSR count). The van der Waals surface area contributed by atoms with Crippen molar-refractivity contribution in [2.24, 2.45) is 5.73 Å². The number of methoxy groups -OCH3 is 1. The summed E-state index contributed by atoms with van der Waals surface area (Å²) < 4.78 is 15.5. The zero-order chi connectivity index (χ0) is 9.97. The standard InChI is InChI=1S/C10H13NO3/c1-12-6-14-7-2-3-8-9(11)5-13-10(8)4-7/h2-4,9H,5-6,11H2,1H3. The van der Waals surface area contributed by atoms with Crippen LogP contribution in [0.1, 0.15) is 11.6 Å². The first-order valence-corrected chi connectivity index (χ1v) is 4.45. The Labute approximate surface area is 82.6 Å². The van der Waals surface area contributed by atoms with E-state index >= 15 is 0 Å². The molecule has 0 saturated heterocycles. The molecule has 1 aromatic carbocycles. The normalized spacial score (nSPS) is 18.9. The predicted octanol–water partition coefficient (Wildman–Crippen LogP) is 1.06. The Balaban J connectivity index is 2.15. The van der Waals surface area contributed by atoms with Crippen LogP contribution in [0.3, 0.4) is 0 Å². The van der Waals surface area contributed by atoms with Crippen molar-refractivity contribution in [3.05, 3.63) is 23.8 Å². The van der Waals surface area contributed by atoms with Gasteiger partial charge in [-0.05, 0) is 12.1 Å². The molecule has 4 nitrogen and oxygen atoms in total. The third-order valence-corrected chi connectivity index (χ3v) is 2.15. The maximum absolute atomic E-state index is 5.81. The van der Waals surface area contributed by atoms with E-state index in [1.165, 1.54) is 0 Å². The molecule has 0 spiro atoms. The quantitative estimate of drug-likeness (QED) is 0.733. The van der Waals surface area contributed by atoms with Crippen LogP contribution in [0.15, 0.2) is 18.2 Å². The van der Waals surface area contributed by atoms with E-state index in [4.69, 9.17) is 19.9 Å². The van der Waals surface area contributed by atoms with Crippen LogP contribution in [-0.4, -0.2) is 20.5 Å². The first-order valence-electron chi connectivity index (χ1n) is 4.45. The van der Waals surface area contributed by atoms with E-state index in [9.17, 15) is 0 Å². The Morgan fingerprint density at radius 1 is 1.57 bits per heavy atom. The monoisotopic (exact) mass is 195 g/mol. The van der Waals surface area contributed by atoms with Crippen LogP contribution in [-0.2, 0) is 4.74 Å². The number of benzene rings is 1. The van der Waals surface area contributed by atoms with Gasteiger partial charge >= 0.3 is 0 Å². The molecule has 0 radical (unpaired) electrons. The van der Waals surface area contributed by atoms with Crippen molar-refractivity contribution in [2.45, 2.75) is 6.04 Å². The minimum Gasteiger partial charge on any atom is -0.491 e. The summed E-state index contributed by atoms with van der Waals surface area (Å²) in [7, 11) is 1.58. The van der Waals surface area contributed by atoms with Gasteiger partial charge in [0.15, 0.2) is 6.79 Å². The van der Waals surface area contributed by atoms with Crippen molar-refractivity contribution >= 4 is 0 Å². The van der Waals surface area contributed by atoms with E-state index in [2.05, 4.69) is 0 Å². The Morgan fingerprint density at radius 3 is 3.21 bits per heavy atom. The number of hydrogen-bond acceptors (Lipinski definition) is 4. The van der Waals surface area contributed by atoms with Crippen LogP contribution in [0.25, 0.3) is 0 Å². The molecule has 1 heterocycles. The smallest absolute Gasteiger partial charge is 0.188 e. The molecule has 0 aliphatic carbocycles. The maximum Gasteiger partial charge on any atom is 0.188 e. The lowest BCUT2D eigenvalue weighted by Gasteiger charge is -2.06. The molecular formula is C10H13NO3. The van der Waals surface area contributed by atoms with Crippen molar-refractivity contribution in [3.63, 3.8) is 0 Å². The van der Waals surface area contributed by atoms with E-state index in [1.807, 2.05) is 18.2 Å². The van der Waals surface area contributed by atoms with Crippen molar-refractivity contribution in [3.8, 4) is 11.5 Å². The topological polar surface area (TPSA) is 53.7 Å². The SMILES string of the molecule is COCOc1ccc2c(c1)OCC2N. The molecule has 0 bridgehead atoms. The Bertz CT molecular complexity index is 327. The molecule has 2 N–H and O–H groups in total. The largest absolute Gasteiger partial charge is 0.491 e. The van der Waals surface area contributed by atoms with E-state index in [-0.39, 0.29) is 12.8 Å². The predicted molar refractivity (Wildman–Crippen MR) is 51.4 cm³/mol. The van der Waals surface area contributed by atoms with Gasteiger partial charge in [0.05, 0.1) is 6.04 Å². The summed E-state index contributed by atoms with van der Waals surface area (Å²) in [5.41, 5.74) is 6.84. The molecule has 4 heteroatoms. The van der Waals surface area contributed by atoms with Crippen LogP contribution in [0, 0.1) is 0 Å². The Morgan fingerprint density at radius 2 is 2.43 bits per heavy atom. The number of ether oxygens (including phenoxy) is 3. The molecule has 0 aromatic heterocycles. The Kier molecular flexibility index (Phi) is 2.56. The Hall–Kier alpha value is -1.26. The fourth-order valence-electron chi connectivity index (χ4n) is 1.43. The second kappa shape index (κ2) is 3.86. The van der Waals surface area contributed by atoms with Gasteiger partial charge in [-0.1, -0.05) is 0 Å². The first-order chi connectivity index (χ1) is 6.81. The van der Waals surface area contributed by atoms with Crippen molar-refractivity contribution in [1.29, 1.82) is 0 Å². The molecule has 1 aliphatic heterocycles. The zero-order valence-corrected chi connectivity index (χ0v) is 8.03. The number of hydrogen-bond donors (Lipinski definition) is 1. The molecule has 1 unspecified atom stereocenters. The summed E-state index contributed by atoms with van der Waals surface area (Å²) >= 11 is 0. The minimum atomic E-state index is -0.0125. The molecule has 76 valence electrons. The van der Waals surface area contributed by atoms with Gasteiger partial charge in [0.25, 0.3) is 0 Å². The second-order valence-corrected chi connectivity index (χ2v) is 3.17. The molecule has 0 saturated carbocycles. The summed E-state index contributed by atoms with van der Waals surface area (Å²) in [5.74, 6) is 1.55. The van der Waals surface area contributed by atoms with Gasteiger partial charge < -0.3 is 19.9 Å². The van der Waals surface area contributed by atoms with Crippen molar-refractivity contribution in [2.75, 3.05) is 20.5 Å². The lowest BCUT2D eigenvalue weighted by atomic mass is 10.1. The third-order valence-electron chi connectivity index (χ3n) is 2.15. The van der Waals surface area contributed by atoms with E-state index < -0.39 is 0 Å².